The molecule has 63 heavy (non-hydrogen) atoms. The van der Waals surface area contributed by atoms with Crippen LogP contribution in [0.1, 0.15) is 73.2 Å². The van der Waals surface area contributed by atoms with Crippen LogP contribution in [0.2, 0.25) is 0 Å². The molecule has 0 bridgehead atoms. The van der Waals surface area contributed by atoms with Crippen LogP contribution in [-0.4, -0.2) is 4.57 Å². The van der Waals surface area contributed by atoms with E-state index in [1.54, 1.807) is 0 Å². The molecule has 13 rings (SSSR count). The van der Waals surface area contributed by atoms with Gasteiger partial charge in [-0.05, 0) is 108 Å². The predicted molar refractivity (Wildman–Crippen MR) is 264 cm³/mol. The van der Waals surface area contributed by atoms with Gasteiger partial charge >= 0.3 is 0 Å². The van der Waals surface area contributed by atoms with Crippen LogP contribution in [0.5, 0.6) is 0 Å². The topological polar surface area (TPSA) is 29.0 Å². The number of anilines is 2. The maximum Gasteiger partial charge on any atom is 0.0758 e. The number of fused-ring (bicyclic) bond motifs is 12. The summed E-state index contributed by atoms with van der Waals surface area (Å²) >= 11 is 0. The van der Waals surface area contributed by atoms with E-state index >= 15 is 0 Å². The van der Waals surface area contributed by atoms with E-state index in [0.29, 0.717) is 0 Å². The van der Waals surface area contributed by atoms with Crippen LogP contribution < -0.4 is 10.6 Å². The Hall–Kier alpha value is -7.36. The molecule has 0 radical (unpaired) electrons. The zero-order valence-electron chi connectivity index (χ0n) is 36.0. The van der Waals surface area contributed by atoms with Crippen LogP contribution in [0, 0.1) is 0 Å². The van der Waals surface area contributed by atoms with Crippen molar-refractivity contribution in [3.63, 3.8) is 0 Å². The van der Waals surface area contributed by atoms with Crippen LogP contribution in [0.4, 0.5) is 11.4 Å². The Balaban J connectivity index is 0.987. The zero-order valence-corrected chi connectivity index (χ0v) is 36.0. The lowest BCUT2D eigenvalue weighted by atomic mass is 9.79. The average molecular weight is 810 g/mol. The Kier molecular flexibility index (Phi) is 7.54. The summed E-state index contributed by atoms with van der Waals surface area (Å²) in [5, 5.41) is 13.4. The molecule has 0 spiro atoms. The maximum atomic E-state index is 4.20. The van der Waals surface area contributed by atoms with Gasteiger partial charge in [0.25, 0.3) is 0 Å². The van der Waals surface area contributed by atoms with Crippen molar-refractivity contribution in [2.45, 2.75) is 50.6 Å². The van der Waals surface area contributed by atoms with Crippen LogP contribution in [0.25, 0.3) is 71.6 Å². The summed E-state index contributed by atoms with van der Waals surface area (Å²) in [6.45, 7) is 9.52. The molecular formula is C60H47N3. The Morgan fingerprint density at radius 3 is 1.67 bits per heavy atom. The van der Waals surface area contributed by atoms with Gasteiger partial charge in [0.1, 0.15) is 0 Å². The van der Waals surface area contributed by atoms with Crippen molar-refractivity contribution in [2.24, 2.45) is 0 Å². The normalized spacial score (nSPS) is 17.4. The van der Waals surface area contributed by atoms with Gasteiger partial charge in [-0.2, -0.15) is 0 Å². The summed E-state index contributed by atoms with van der Waals surface area (Å²) in [4.78, 5) is 0. The maximum absolute atomic E-state index is 4.20. The Morgan fingerprint density at radius 2 is 0.984 bits per heavy atom. The van der Waals surface area contributed by atoms with Crippen molar-refractivity contribution in [1.82, 2.24) is 4.57 Å². The van der Waals surface area contributed by atoms with E-state index in [1.807, 2.05) is 0 Å². The van der Waals surface area contributed by atoms with Crippen molar-refractivity contribution < 1.29 is 0 Å². The third-order valence-electron chi connectivity index (χ3n) is 14.9. The van der Waals surface area contributed by atoms with E-state index in [0.717, 1.165) is 17.1 Å². The van der Waals surface area contributed by atoms with Gasteiger partial charge in [-0.15, -0.1) is 0 Å². The molecule has 3 nitrogen and oxygen atoms in total. The molecule has 2 unspecified atom stereocenters. The Bertz CT molecular complexity index is 3530. The fourth-order valence-electron chi connectivity index (χ4n) is 11.7. The largest absolute Gasteiger partial charge is 0.374 e. The van der Waals surface area contributed by atoms with Crippen LogP contribution in [0.3, 0.4) is 0 Å². The fourth-order valence-corrected chi connectivity index (χ4v) is 11.7. The van der Waals surface area contributed by atoms with Crippen LogP contribution in [0.15, 0.2) is 188 Å². The number of nitrogens with zero attached hydrogens (tertiary/aromatic N) is 1. The molecule has 1 aliphatic heterocycles. The molecule has 0 fully saturated rings. The number of hydrogen-bond donors (Lipinski definition) is 2. The number of aromatic nitrogens is 1. The molecule has 3 aliphatic rings. The SMILES string of the molecule is CC1(C)c2ccccc2-c2ccc(C3Nc4ccc(-n5c6cc(-c7ccccc7)ccc6c6c7ccccc7ccc65)cc4NC3c3ccc4c(c3)C(C)(C)c3ccccc3-4)cc21. The third kappa shape index (κ3) is 5.20. The van der Waals surface area contributed by atoms with E-state index in [4.69, 9.17) is 0 Å². The second-order valence-electron chi connectivity index (χ2n) is 19.0. The van der Waals surface area contributed by atoms with Gasteiger partial charge in [0, 0.05) is 27.3 Å². The van der Waals surface area contributed by atoms with E-state index < -0.39 is 0 Å². The summed E-state index contributed by atoms with van der Waals surface area (Å²) in [5.74, 6) is 0. The molecule has 1 aromatic heterocycles. The monoisotopic (exact) mass is 809 g/mol. The standard InChI is InChI=1S/C60H47N3/c1-59(2)48-20-12-10-18-43(48)45-27-23-39(32-50(45)59)57-58(40-24-28-46-44-19-11-13-21-49(44)60(3,4)51(46)33-40)62-53-35-41(26-30-52(53)61-57)63-54-31-25-37-16-8-9-17-42(37)56(54)47-29-22-38(34-55(47)63)36-14-6-5-7-15-36/h5-35,57-58,61-62H,1-4H3. The minimum atomic E-state index is -0.104. The van der Waals surface area contributed by atoms with E-state index in [1.165, 1.54) is 99.3 Å². The van der Waals surface area contributed by atoms with Gasteiger partial charge in [-0.25, -0.2) is 0 Å². The predicted octanol–water partition coefficient (Wildman–Crippen LogP) is 15.5. The summed E-state index contributed by atoms with van der Waals surface area (Å²) in [5.41, 5.74) is 21.5. The second-order valence-corrected chi connectivity index (χ2v) is 19.0. The lowest BCUT2D eigenvalue weighted by molar-refractivity contribution is 0.620. The number of hydrogen-bond acceptors (Lipinski definition) is 2. The summed E-state index contributed by atoms with van der Waals surface area (Å²) in [7, 11) is 0. The number of nitrogens with one attached hydrogen (secondary N) is 2. The first kappa shape index (κ1) is 36.3. The molecule has 10 aromatic rings. The highest BCUT2D eigenvalue weighted by Gasteiger charge is 2.40. The molecule has 0 saturated heterocycles. The van der Waals surface area contributed by atoms with E-state index in [-0.39, 0.29) is 22.9 Å². The van der Waals surface area contributed by atoms with Crippen molar-refractivity contribution >= 4 is 44.0 Å². The molecule has 2 aliphatic carbocycles. The highest BCUT2D eigenvalue weighted by Crippen LogP contribution is 2.53. The quantitative estimate of drug-likeness (QED) is 0.185. The summed E-state index contributed by atoms with van der Waals surface area (Å²) < 4.78 is 2.47. The lowest BCUT2D eigenvalue weighted by Gasteiger charge is -2.38. The van der Waals surface area contributed by atoms with Crippen molar-refractivity contribution in [3.05, 3.63) is 221 Å². The molecule has 302 valence electrons. The first-order chi connectivity index (χ1) is 30.7. The fraction of sp³-hybridized carbons (Fsp3) is 0.133. The van der Waals surface area contributed by atoms with Crippen molar-refractivity contribution in [1.29, 1.82) is 0 Å². The first-order valence-corrected chi connectivity index (χ1v) is 22.4. The van der Waals surface area contributed by atoms with Crippen LogP contribution in [-0.2, 0) is 10.8 Å². The van der Waals surface area contributed by atoms with Crippen LogP contribution >= 0.6 is 0 Å². The molecule has 0 saturated carbocycles. The Morgan fingerprint density at radius 1 is 0.397 bits per heavy atom. The molecular weight excluding hydrogens is 763 g/mol. The average Bonchev–Trinajstić information content (AvgIpc) is 3.87. The Labute approximate surface area is 368 Å². The van der Waals surface area contributed by atoms with Gasteiger partial charge in [0.2, 0.25) is 0 Å². The highest BCUT2D eigenvalue weighted by atomic mass is 15.1. The van der Waals surface area contributed by atoms with Gasteiger partial charge in [0.05, 0.1) is 34.5 Å². The van der Waals surface area contributed by atoms with E-state index in [2.05, 4.69) is 231 Å². The number of benzene rings is 9. The summed E-state index contributed by atoms with van der Waals surface area (Å²) in [6, 6.07) is 70.3. The molecule has 9 aromatic carbocycles. The highest BCUT2D eigenvalue weighted by molar-refractivity contribution is 6.21. The van der Waals surface area contributed by atoms with Gasteiger partial charge in [-0.3, -0.25) is 0 Å². The second kappa shape index (κ2) is 13.1. The minimum absolute atomic E-state index is 0.0221. The summed E-state index contributed by atoms with van der Waals surface area (Å²) in [6.07, 6.45) is 0. The first-order valence-electron chi connectivity index (χ1n) is 22.4. The molecule has 3 heteroatoms. The van der Waals surface area contributed by atoms with E-state index in [9.17, 15) is 0 Å². The molecule has 2 heterocycles. The zero-order chi connectivity index (χ0) is 42.2. The lowest BCUT2D eigenvalue weighted by Crippen LogP contribution is -2.31. The van der Waals surface area contributed by atoms with Gasteiger partial charge < -0.3 is 15.2 Å². The number of rotatable bonds is 4. The van der Waals surface area contributed by atoms with Crippen molar-refractivity contribution in [3.8, 4) is 39.1 Å². The third-order valence-corrected chi connectivity index (χ3v) is 14.9. The molecule has 2 atom stereocenters. The minimum Gasteiger partial charge on any atom is -0.374 e. The molecule has 0 amide bonds. The van der Waals surface area contributed by atoms with Crippen molar-refractivity contribution in [2.75, 3.05) is 10.6 Å². The molecule has 2 N–H and O–H groups in total. The smallest absolute Gasteiger partial charge is 0.0758 e. The van der Waals surface area contributed by atoms with Gasteiger partial charge in [0.15, 0.2) is 0 Å². The van der Waals surface area contributed by atoms with Gasteiger partial charge in [-0.1, -0.05) is 185 Å².